The van der Waals surface area contributed by atoms with Crippen molar-refractivity contribution >= 4 is 28.6 Å². The Hall–Kier alpha value is -3.19. The third-order valence-electron chi connectivity index (χ3n) is 3.15. The van der Waals surface area contributed by atoms with Gasteiger partial charge in [-0.05, 0) is 41.8 Å². The molecule has 0 aliphatic rings. The Labute approximate surface area is 141 Å². The van der Waals surface area contributed by atoms with Gasteiger partial charge in [-0.25, -0.2) is 0 Å². The van der Waals surface area contributed by atoms with Crippen molar-refractivity contribution in [1.82, 2.24) is 0 Å². The van der Waals surface area contributed by atoms with E-state index in [1.165, 1.54) is 23.5 Å². The average molecular weight is 340 g/mol. The molecule has 120 valence electrons. The molecule has 1 N–H and O–H groups in total. The number of ether oxygens (including phenoxy) is 1. The first-order valence-electron chi connectivity index (χ1n) is 7.00. The van der Waals surface area contributed by atoms with Crippen molar-refractivity contribution in [3.8, 4) is 11.5 Å². The monoisotopic (exact) mass is 340 g/mol. The highest BCUT2D eigenvalue weighted by molar-refractivity contribution is 7.12. The lowest BCUT2D eigenvalue weighted by atomic mass is 10.2. The highest BCUT2D eigenvalue weighted by Gasteiger charge is 2.14. The molecule has 6 nitrogen and oxygen atoms in total. The smallest absolute Gasteiger partial charge is 0.311 e. The van der Waals surface area contributed by atoms with Gasteiger partial charge in [0, 0.05) is 11.8 Å². The molecule has 1 aromatic heterocycles. The molecule has 0 radical (unpaired) electrons. The fourth-order valence-corrected chi connectivity index (χ4v) is 2.65. The molecule has 0 aliphatic heterocycles. The zero-order valence-electron chi connectivity index (χ0n) is 12.3. The molecule has 1 amide bonds. The molecule has 0 aliphatic carbocycles. The topological polar surface area (TPSA) is 81.5 Å². The summed E-state index contributed by atoms with van der Waals surface area (Å²) < 4.78 is 5.55. The summed E-state index contributed by atoms with van der Waals surface area (Å²) in [5.41, 5.74) is 0.510. The summed E-state index contributed by atoms with van der Waals surface area (Å²) >= 11 is 1.36. The Morgan fingerprint density at radius 3 is 2.46 bits per heavy atom. The molecule has 0 spiro atoms. The van der Waals surface area contributed by atoms with Crippen LogP contribution in [0.4, 0.5) is 11.4 Å². The third kappa shape index (κ3) is 3.58. The van der Waals surface area contributed by atoms with Gasteiger partial charge in [-0.1, -0.05) is 18.2 Å². The van der Waals surface area contributed by atoms with Crippen molar-refractivity contribution in [2.24, 2.45) is 0 Å². The quantitative estimate of drug-likeness (QED) is 0.539. The van der Waals surface area contributed by atoms with Crippen molar-refractivity contribution in [2.45, 2.75) is 0 Å². The number of rotatable bonds is 5. The molecule has 0 saturated carbocycles. The number of anilines is 1. The van der Waals surface area contributed by atoms with E-state index in [-0.39, 0.29) is 17.3 Å². The number of carbonyl (C=O) groups is 1. The predicted molar refractivity (Wildman–Crippen MR) is 91.9 cm³/mol. The van der Waals surface area contributed by atoms with Crippen molar-refractivity contribution in [3.05, 3.63) is 81.0 Å². The van der Waals surface area contributed by atoms with Crippen molar-refractivity contribution in [2.75, 3.05) is 5.32 Å². The molecular formula is C17H12N2O4S. The van der Waals surface area contributed by atoms with Crippen LogP contribution in [0.3, 0.4) is 0 Å². The van der Waals surface area contributed by atoms with E-state index in [4.69, 9.17) is 4.74 Å². The molecule has 1 heterocycles. The highest BCUT2D eigenvalue weighted by atomic mass is 32.1. The minimum absolute atomic E-state index is 0.104. The predicted octanol–water partition coefficient (Wildman–Crippen LogP) is 4.70. The summed E-state index contributed by atoms with van der Waals surface area (Å²) in [6.45, 7) is 0. The molecule has 3 rings (SSSR count). The molecule has 0 bridgehead atoms. The van der Waals surface area contributed by atoms with Gasteiger partial charge >= 0.3 is 5.69 Å². The minimum Gasteiger partial charge on any atom is -0.450 e. The van der Waals surface area contributed by atoms with Crippen LogP contribution >= 0.6 is 11.3 Å². The number of amides is 1. The molecular weight excluding hydrogens is 328 g/mol. The second kappa shape index (κ2) is 6.93. The number of hydrogen-bond acceptors (Lipinski definition) is 5. The van der Waals surface area contributed by atoms with Gasteiger partial charge in [0.2, 0.25) is 5.75 Å². The molecule has 0 fully saturated rings. The van der Waals surface area contributed by atoms with Crippen LogP contribution < -0.4 is 10.1 Å². The second-order valence-corrected chi connectivity index (χ2v) is 5.73. The maximum atomic E-state index is 12.0. The van der Waals surface area contributed by atoms with Gasteiger partial charge in [0.25, 0.3) is 5.91 Å². The first-order valence-corrected chi connectivity index (χ1v) is 7.87. The van der Waals surface area contributed by atoms with Gasteiger partial charge in [-0.2, -0.15) is 0 Å². The molecule has 7 heteroatoms. The van der Waals surface area contributed by atoms with Gasteiger partial charge in [0.05, 0.1) is 9.80 Å². The molecule has 3 aromatic rings. The Kier molecular flexibility index (Phi) is 4.53. The normalized spacial score (nSPS) is 10.2. The summed E-state index contributed by atoms with van der Waals surface area (Å²) in [4.78, 5) is 23.1. The van der Waals surface area contributed by atoms with Crippen LogP contribution in [0.2, 0.25) is 0 Å². The Balaban J connectivity index is 1.71. The number of nitro groups is 1. The van der Waals surface area contributed by atoms with E-state index in [0.29, 0.717) is 16.3 Å². The Morgan fingerprint density at radius 2 is 1.79 bits per heavy atom. The van der Waals surface area contributed by atoms with Gasteiger partial charge < -0.3 is 10.1 Å². The van der Waals surface area contributed by atoms with Crippen LogP contribution in [0.1, 0.15) is 9.67 Å². The van der Waals surface area contributed by atoms with E-state index in [2.05, 4.69) is 5.32 Å². The van der Waals surface area contributed by atoms with Crippen molar-refractivity contribution < 1.29 is 14.5 Å². The van der Waals surface area contributed by atoms with Gasteiger partial charge in [0.15, 0.2) is 0 Å². The van der Waals surface area contributed by atoms with Crippen LogP contribution in [0.25, 0.3) is 0 Å². The SMILES string of the molecule is O=C(Nc1ccc(Oc2ccccc2[N+](=O)[O-])cc1)c1cccs1. The van der Waals surface area contributed by atoms with Crippen LogP contribution in [0.5, 0.6) is 11.5 Å². The lowest BCUT2D eigenvalue weighted by Crippen LogP contribution is -2.09. The van der Waals surface area contributed by atoms with E-state index in [9.17, 15) is 14.9 Å². The summed E-state index contributed by atoms with van der Waals surface area (Å²) in [5.74, 6) is 0.425. The summed E-state index contributed by atoms with van der Waals surface area (Å²) in [5, 5.41) is 15.6. The number of nitrogens with one attached hydrogen (secondary N) is 1. The summed E-state index contributed by atoms with van der Waals surface area (Å²) in [7, 11) is 0. The molecule has 0 unspecified atom stereocenters. The summed E-state index contributed by atoms with van der Waals surface area (Å²) in [6, 6.07) is 16.3. The zero-order chi connectivity index (χ0) is 16.9. The lowest BCUT2D eigenvalue weighted by molar-refractivity contribution is -0.385. The number of benzene rings is 2. The fraction of sp³-hybridized carbons (Fsp3) is 0. The lowest BCUT2D eigenvalue weighted by Gasteiger charge is -2.08. The molecule has 24 heavy (non-hydrogen) atoms. The van der Waals surface area contributed by atoms with Gasteiger partial charge in [-0.3, -0.25) is 14.9 Å². The van der Waals surface area contributed by atoms with Gasteiger partial charge in [-0.15, -0.1) is 11.3 Å². The van der Waals surface area contributed by atoms with E-state index < -0.39 is 4.92 Å². The number of thiophene rings is 1. The molecule has 0 saturated heterocycles. The zero-order valence-corrected chi connectivity index (χ0v) is 13.2. The Bertz CT molecular complexity index is 861. The summed E-state index contributed by atoms with van der Waals surface area (Å²) in [6.07, 6.45) is 0. The minimum atomic E-state index is -0.495. The molecule has 0 atom stereocenters. The largest absolute Gasteiger partial charge is 0.450 e. The van der Waals surface area contributed by atoms with E-state index in [0.717, 1.165) is 0 Å². The maximum Gasteiger partial charge on any atom is 0.311 e. The second-order valence-electron chi connectivity index (χ2n) is 4.78. The number of hydrogen-bond donors (Lipinski definition) is 1. The van der Waals surface area contributed by atoms with E-state index in [1.807, 2.05) is 11.4 Å². The number of nitro benzene ring substituents is 1. The van der Waals surface area contributed by atoms with Crippen molar-refractivity contribution in [1.29, 1.82) is 0 Å². The van der Waals surface area contributed by atoms with Crippen LogP contribution in [0, 0.1) is 10.1 Å². The van der Waals surface area contributed by atoms with E-state index >= 15 is 0 Å². The maximum absolute atomic E-state index is 12.0. The number of carbonyl (C=O) groups excluding carboxylic acids is 1. The Morgan fingerprint density at radius 1 is 1.04 bits per heavy atom. The fourth-order valence-electron chi connectivity index (χ4n) is 2.03. The number of nitrogens with zero attached hydrogens (tertiary/aromatic N) is 1. The number of para-hydroxylation sites is 2. The van der Waals surface area contributed by atoms with E-state index in [1.54, 1.807) is 42.5 Å². The average Bonchev–Trinajstić information content (AvgIpc) is 3.11. The van der Waals surface area contributed by atoms with Crippen molar-refractivity contribution in [3.63, 3.8) is 0 Å². The third-order valence-corrected chi connectivity index (χ3v) is 4.02. The first-order chi connectivity index (χ1) is 11.6. The molecule has 2 aromatic carbocycles. The van der Waals surface area contributed by atoms with Crippen LogP contribution in [-0.2, 0) is 0 Å². The first kappa shape index (κ1) is 15.7. The van der Waals surface area contributed by atoms with Crippen LogP contribution in [0.15, 0.2) is 66.0 Å². The van der Waals surface area contributed by atoms with Crippen LogP contribution in [-0.4, -0.2) is 10.8 Å². The highest BCUT2D eigenvalue weighted by Crippen LogP contribution is 2.31. The standard InChI is InChI=1S/C17H12N2O4S/c20-17(16-6-3-11-24-16)18-12-7-9-13(10-8-12)23-15-5-2-1-4-14(15)19(21)22/h1-11H,(H,18,20). The van der Waals surface area contributed by atoms with Gasteiger partial charge in [0.1, 0.15) is 5.75 Å².